The Labute approximate surface area is 123 Å². The van der Waals surface area contributed by atoms with Crippen molar-refractivity contribution in [2.45, 2.75) is 37.6 Å². The van der Waals surface area contributed by atoms with Gasteiger partial charge in [0, 0.05) is 11.6 Å². The zero-order chi connectivity index (χ0) is 14.8. The van der Waals surface area contributed by atoms with Crippen LogP contribution in [0.1, 0.15) is 37.2 Å². The quantitative estimate of drug-likeness (QED) is 0.868. The number of hydrogen-bond acceptors (Lipinski definition) is 3. The van der Waals surface area contributed by atoms with Crippen molar-refractivity contribution >= 4 is 11.9 Å². The molecule has 1 aromatic carbocycles. The van der Waals surface area contributed by atoms with Crippen LogP contribution >= 0.6 is 0 Å². The molecule has 1 aliphatic heterocycles. The molecule has 0 saturated heterocycles. The Morgan fingerprint density at radius 1 is 1.29 bits per heavy atom. The smallest absolute Gasteiger partial charge is 0.305 e. The van der Waals surface area contributed by atoms with Crippen molar-refractivity contribution in [2.75, 3.05) is 6.61 Å². The fourth-order valence-corrected chi connectivity index (χ4v) is 2.92. The fourth-order valence-electron chi connectivity index (χ4n) is 2.92. The third kappa shape index (κ3) is 3.17. The molecule has 0 aromatic heterocycles. The molecule has 1 amide bonds. The summed E-state index contributed by atoms with van der Waals surface area (Å²) in [6.45, 7) is 0.516. The highest BCUT2D eigenvalue weighted by Crippen LogP contribution is 2.36. The van der Waals surface area contributed by atoms with E-state index in [-0.39, 0.29) is 24.3 Å². The van der Waals surface area contributed by atoms with E-state index in [0.717, 1.165) is 24.2 Å². The number of amides is 1. The van der Waals surface area contributed by atoms with Crippen LogP contribution in [0, 0.1) is 5.92 Å². The molecule has 5 nitrogen and oxygen atoms in total. The van der Waals surface area contributed by atoms with Gasteiger partial charge in [-0.1, -0.05) is 18.2 Å². The van der Waals surface area contributed by atoms with E-state index in [9.17, 15) is 9.59 Å². The van der Waals surface area contributed by atoms with E-state index in [2.05, 4.69) is 5.32 Å². The Bertz CT molecular complexity index is 553. The average molecular weight is 289 g/mol. The molecule has 0 spiro atoms. The van der Waals surface area contributed by atoms with Crippen LogP contribution in [0.4, 0.5) is 0 Å². The van der Waals surface area contributed by atoms with Crippen molar-refractivity contribution in [1.29, 1.82) is 0 Å². The Balaban J connectivity index is 1.72. The SMILES string of the molecule is O=C(O)CC(NC(=O)C1CCOc2ccccc21)C1CC1. The van der Waals surface area contributed by atoms with E-state index < -0.39 is 5.97 Å². The number of ether oxygens (including phenoxy) is 1. The van der Waals surface area contributed by atoms with Crippen molar-refractivity contribution in [3.63, 3.8) is 0 Å². The maximum Gasteiger partial charge on any atom is 0.305 e. The van der Waals surface area contributed by atoms with Crippen molar-refractivity contribution in [3.8, 4) is 5.75 Å². The minimum Gasteiger partial charge on any atom is -0.493 e. The number of aliphatic carboxylic acids is 1. The monoisotopic (exact) mass is 289 g/mol. The van der Waals surface area contributed by atoms with Gasteiger partial charge in [-0.2, -0.15) is 0 Å². The Morgan fingerprint density at radius 3 is 2.76 bits per heavy atom. The van der Waals surface area contributed by atoms with E-state index in [1.54, 1.807) is 0 Å². The predicted octanol–water partition coefficient (Wildman–Crippen LogP) is 1.92. The Morgan fingerprint density at radius 2 is 2.05 bits per heavy atom. The zero-order valence-electron chi connectivity index (χ0n) is 11.7. The van der Waals surface area contributed by atoms with Crippen LogP contribution in [-0.2, 0) is 9.59 Å². The maximum atomic E-state index is 12.5. The lowest BCUT2D eigenvalue weighted by atomic mass is 9.91. The zero-order valence-corrected chi connectivity index (χ0v) is 11.7. The molecule has 21 heavy (non-hydrogen) atoms. The third-order valence-electron chi connectivity index (χ3n) is 4.19. The van der Waals surface area contributed by atoms with Gasteiger partial charge in [0.1, 0.15) is 5.75 Å². The second kappa shape index (κ2) is 5.76. The van der Waals surface area contributed by atoms with Crippen molar-refractivity contribution in [2.24, 2.45) is 5.92 Å². The molecule has 2 atom stereocenters. The highest BCUT2D eigenvalue weighted by Gasteiger charge is 2.36. The number of para-hydroxylation sites is 1. The minimum atomic E-state index is -0.862. The summed E-state index contributed by atoms with van der Waals surface area (Å²) in [7, 11) is 0. The second-order valence-electron chi connectivity index (χ2n) is 5.78. The molecule has 2 aliphatic rings. The lowest BCUT2D eigenvalue weighted by molar-refractivity contribution is -0.138. The standard InChI is InChI=1S/C16H19NO4/c18-15(19)9-13(10-5-6-10)17-16(20)12-7-8-21-14-4-2-1-3-11(12)14/h1-4,10,12-13H,5-9H2,(H,17,20)(H,18,19). The van der Waals surface area contributed by atoms with Crippen LogP contribution in [0.3, 0.4) is 0 Å². The van der Waals surface area contributed by atoms with Crippen LogP contribution in [0.15, 0.2) is 24.3 Å². The molecular formula is C16H19NO4. The number of carboxylic acids is 1. The Kier molecular flexibility index (Phi) is 3.82. The summed E-state index contributed by atoms with van der Waals surface area (Å²) >= 11 is 0. The number of rotatable bonds is 5. The van der Waals surface area contributed by atoms with Crippen molar-refractivity contribution in [1.82, 2.24) is 5.32 Å². The van der Waals surface area contributed by atoms with E-state index >= 15 is 0 Å². The third-order valence-corrected chi connectivity index (χ3v) is 4.19. The highest BCUT2D eigenvalue weighted by atomic mass is 16.5. The maximum absolute atomic E-state index is 12.5. The normalized spacial score (nSPS) is 21.8. The Hall–Kier alpha value is -2.04. The molecule has 3 rings (SSSR count). The molecule has 0 bridgehead atoms. The first-order valence-corrected chi connectivity index (χ1v) is 7.39. The largest absolute Gasteiger partial charge is 0.493 e. The van der Waals surface area contributed by atoms with Gasteiger partial charge < -0.3 is 15.2 Å². The average Bonchev–Trinajstić information content (AvgIpc) is 3.30. The van der Waals surface area contributed by atoms with Gasteiger partial charge in [-0.25, -0.2) is 0 Å². The van der Waals surface area contributed by atoms with Gasteiger partial charge in [0.05, 0.1) is 18.9 Å². The minimum absolute atomic E-state index is 0.00126. The summed E-state index contributed by atoms with van der Waals surface area (Å²) in [5.74, 6) is -0.112. The van der Waals surface area contributed by atoms with Gasteiger partial charge in [0.2, 0.25) is 5.91 Å². The number of nitrogens with one attached hydrogen (secondary N) is 1. The fraction of sp³-hybridized carbons (Fsp3) is 0.500. The van der Waals surface area contributed by atoms with Crippen LogP contribution in [0.5, 0.6) is 5.75 Å². The molecule has 1 heterocycles. The number of carbonyl (C=O) groups is 2. The van der Waals surface area contributed by atoms with E-state index in [1.165, 1.54) is 0 Å². The highest BCUT2D eigenvalue weighted by molar-refractivity contribution is 5.85. The summed E-state index contributed by atoms with van der Waals surface area (Å²) in [6.07, 6.45) is 2.64. The summed E-state index contributed by atoms with van der Waals surface area (Å²) in [5.41, 5.74) is 0.895. The van der Waals surface area contributed by atoms with E-state index in [0.29, 0.717) is 18.9 Å². The second-order valence-corrected chi connectivity index (χ2v) is 5.78. The number of hydrogen-bond donors (Lipinski definition) is 2. The molecule has 1 fully saturated rings. The van der Waals surface area contributed by atoms with Gasteiger partial charge in [-0.05, 0) is 31.2 Å². The number of carboxylic acid groups (broad SMARTS) is 1. The van der Waals surface area contributed by atoms with Crippen LogP contribution in [-0.4, -0.2) is 29.6 Å². The summed E-state index contributed by atoms with van der Waals surface area (Å²) in [6, 6.07) is 7.30. The summed E-state index contributed by atoms with van der Waals surface area (Å²) < 4.78 is 5.56. The lowest BCUT2D eigenvalue weighted by Crippen LogP contribution is -2.41. The van der Waals surface area contributed by atoms with E-state index in [1.807, 2.05) is 24.3 Å². The molecule has 0 radical (unpaired) electrons. The molecule has 2 unspecified atom stereocenters. The van der Waals surface area contributed by atoms with Crippen molar-refractivity contribution in [3.05, 3.63) is 29.8 Å². The predicted molar refractivity (Wildman–Crippen MR) is 76.2 cm³/mol. The van der Waals surface area contributed by atoms with Gasteiger partial charge in [-0.15, -0.1) is 0 Å². The summed E-state index contributed by atoms with van der Waals surface area (Å²) in [5, 5.41) is 11.9. The molecule has 1 saturated carbocycles. The molecular weight excluding hydrogens is 270 g/mol. The van der Waals surface area contributed by atoms with Gasteiger partial charge in [0.25, 0.3) is 0 Å². The first kappa shape index (κ1) is 13.9. The molecule has 2 N–H and O–H groups in total. The number of carbonyl (C=O) groups excluding carboxylic acids is 1. The van der Waals surface area contributed by atoms with Gasteiger partial charge >= 0.3 is 5.97 Å². The van der Waals surface area contributed by atoms with Crippen LogP contribution in [0.2, 0.25) is 0 Å². The lowest BCUT2D eigenvalue weighted by Gasteiger charge is -2.27. The van der Waals surface area contributed by atoms with E-state index in [4.69, 9.17) is 9.84 Å². The topological polar surface area (TPSA) is 75.6 Å². The number of fused-ring (bicyclic) bond motifs is 1. The first-order chi connectivity index (χ1) is 10.1. The van der Waals surface area contributed by atoms with Gasteiger partial charge in [-0.3, -0.25) is 9.59 Å². The number of benzene rings is 1. The first-order valence-electron chi connectivity index (χ1n) is 7.39. The van der Waals surface area contributed by atoms with Crippen LogP contribution in [0.25, 0.3) is 0 Å². The van der Waals surface area contributed by atoms with Gasteiger partial charge in [0.15, 0.2) is 0 Å². The molecule has 1 aliphatic carbocycles. The molecule has 5 heteroatoms. The van der Waals surface area contributed by atoms with Crippen molar-refractivity contribution < 1.29 is 19.4 Å². The molecule has 1 aromatic rings. The summed E-state index contributed by atoms with van der Waals surface area (Å²) in [4.78, 5) is 23.5. The molecule has 112 valence electrons. The van der Waals surface area contributed by atoms with Crippen LogP contribution < -0.4 is 10.1 Å².